The summed E-state index contributed by atoms with van der Waals surface area (Å²) in [5.41, 5.74) is 1.95. The molecule has 1 heterocycles. The smallest absolute Gasteiger partial charge is 0.251 e. The second kappa shape index (κ2) is 21.1. The van der Waals surface area contributed by atoms with Crippen molar-refractivity contribution >= 4 is 40.9 Å². The van der Waals surface area contributed by atoms with Crippen LogP contribution >= 0.6 is 11.6 Å². The molecule has 5 rings (SSSR count). The average molecular weight is 873 g/mol. The molecule has 1 aliphatic heterocycles. The number of hydrogen-bond acceptors (Lipinski definition) is 10. The third kappa shape index (κ3) is 11.8. The van der Waals surface area contributed by atoms with Crippen molar-refractivity contribution in [1.82, 2.24) is 20.9 Å². The van der Waals surface area contributed by atoms with Crippen molar-refractivity contribution in [2.24, 2.45) is 16.7 Å². The summed E-state index contributed by atoms with van der Waals surface area (Å²) >= 11 is 6.23. The number of nitrogens with zero attached hydrogens (tertiary/aromatic N) is 2. The predicted molar refractivity (Wildman–Crippen MR) is 237 cm³/mol. The molecule has 0 bridgehead atoms. The van der Waals surface area contributed by atoms with Gasteiger partial charge in [-0.2, -0.15) is 5.26 Å². The first kappa shape index (κ1) is 47.7. The van der Waals surface area contributed by atoms with Gasteiger partial charge >= 0.3 is 0 Å². The van der Waals surface area contributed by atoms with Crippen molar-refractivity contribution in [3.63, 3.8) is 0 Å². The lowest BCUT2D eigenvalue weighted by Crippen LogP contribution is -2.74. The van der Waals surface area contributed by atoms with Crippen LogP contribution in [0.15, 0.2) is 66.7 Å². The number of anilines is 1. The molecule has 14 nitrogen and oxygen atoms in total. The van der Waals surface area contributed by atoms with Gasteiger partial charge in [-0.15, -0.1) is 0 Å². The molecule has 0 spiro atoms. The Morgan fingerprint density at radius 3 is 2.26 bits per heavy atom. The van der Waals surface area contributed by atoms with E-state index in [-0.39, 0.29) is 66.8 Å². The van der Waals surface area contributed by atoms with Crippen molar-refractivity contribution in [3.05, 3.63) is 88.4 Å². The van der Waals surface area contributed by atoms with Crippen LogP contribution in [0.5, 0.6) is 11.5 Å². The molecule has 3 aromatic carbocycles. The number of likely N-dealkylation sites (tertiary alicyclic amines) is 1. The number of nitrogens with one attached hydrogen (secondary N) is 4. The third-order valence-corrected chi connectivity index (χ3v) is 12.2. The highest BCUT2D eigenvalue weighted by Crippen LogP contribution is 2.55. The average Bonchev–Trinajstić information content (AvgIpc) is 3.65. The van der Waals surface area contributed by atoms with Crippen molar-refractivity contribution in [2.45, 2.75) is 104 Å². The van der Waals surface area contributed by atoms with Crippen LogP contribution in [0.25, 0.3) is 0 Å². The monoisotopic (exact) mass is 872 g/mol. The Morgan fingerprint density at radius 1 is 0.952 bits per heavy atom. The number of β-amino-alcohol motifs (C(OH)–C–C–N with tert-alkyl or cyclic N) is 1. The summed E-state index contributed by atoms with van der Waals surface area (Å²) in [6.07, 6.45) is 1.52. The van der Waals surface area contributed by atoms with Crippen LogP contribution in [0.4, 0.5) is 5.69 Å². The van der Waals surface area contributed by atoms with Gasteiger partial charge in [0.05, 0.1) is 23.8 Å². The van der Waals surface area contributed by atoms with Crippen LogP contribution in [0.3, 0.4) is 0 Å². The summed E-state index contributed by atoms with van der Waals surface area (Å²) in [4.78, 5) is 54.3. The van der Waals surface area contributed by atoms with E-state index in [0.29, 0.717) is 40.8 Å². The fourth-order valence-corrected chi connectivity index (χ4v) is 8.93. The number of aliphatic hydroxyl groups is 1. The summed E-state index contributed by atoms with van der Waals surface area (Å²) < 4.78 is 17.1. The summed E-state index contributed by atoms with van der Waals surface area (Å²) in [6, 6.07) is 19.8. The maximum absolute atomic E-state index is 13.7. The van der Waals surface area contributed by atoms with E-state index < -0.39 is 30.0 Å². The van der Waals surface area contributed by atoms with Gasteiger partial charge < -0.3 is 45.5 Å². The van der Waals surface area contributed by atoms with E-state index in [4.69, 9.17) is 25.8 Å². The van der Waals surface area contributed by atoms with Crippen molar-refractivity contribution < 1.29 is 38.5 Å². The zero-order valence-corrected chi connectivity index (χ0v) is 37.5. The first-order chi connectivity index (χ1) is 29.5. The minimum Gasteiger partial charge on any atom is -0.497 e. The summed E-state index contributed by atoms with van der Waals surface area (Å²) in [5, 5.41) is 32.2. The number of benzene rings is 3. The first-order valence-corrected chi connectivity index (χ1v) is 21.6. The minimum atomic E-state index is -0.888. The minimum absolute atomic E-state index is 0.00229. The van der Waals surface area contributed by atoms with E-state index in [0.717, 1.165) is 30.5 Å². The molecule has 4 amide bonds. The highest BCUT2D eigenvalue weighted by Gasteiger charge is 2.64. The number of amides is 4. The molecule has 334 valence electrons. The molecule has 62 heavy (non-hydrogen) atoms. The predicted octanol–water partition coefficient (Wildman–Crippen LogP) is 5.85. The maximum Gasteiger partial charge on any atom is 0.251 e. The van der Waals surface area contributed by atoms with Crippen molar-refractivity contribution in [1.29, 1.82) is 5.26 Å². The van der Waals surface area contributed by atoms with Crippen LogP contribution < -0.4 is 30.7 Å². The Morgan fingerprint density at radius 2 is 1.63 bits per heavy atom. The number of rotatable bonds is 20. The molecule has 0 aromatic heterocycles. The quantitative estimate of drug-likeness (QED) is 0.0862. The number of carbonyl (C=O) groups excluding carboxylic acids is 4. The molecule has 15 heteroatoms. The summed E-state index contributed by atoms with van der Waals surface area (Å²) in [6.45, 7) is 13.0. The fourth-order valence-electron chi connectivity index (χ4n) is 8.72. The SMILES string of the molecule is COc1ccc(CNC(=O)[C@@H]2C[C@@H](O)CN2C(=O)C(NC(=O)COCCCCCNc2ccc(C(=O)N[C@H]3C(C)(C)[C@H](Oc4ccc(C#N)c(Cl)c4)C3(C)C)cc2)C(C)C)cc1. The molecule has 5 N–H and O–H groups in total. The number of hydrogen-bond donors (Lipinski definition) is 5. The van der Waals surface area contributed by atoms with Gasteiger partial charge in [-0.3, -0.25) is 19.2 Å². The van der Waals surface area contributed by atoms with E-state index in [1.807, 2.05) is 38.1 Å². The third-order valence-electron chi connectivity index (χ3n) is 11.8. The van der Waals surface area contributed by atoms with Gasteiger partial charge in [0, 0.05) is 66.9 Å². The second-order valence-corrected chi connectivity index (χ2v) is 18.1. The lowest BCUT2D eigenvalue weighted by atomic mass is 9.49. The molecule has 1 saturated heterocycles. The van der Waals surface area contributed by atoms with E-state index in [1.165, 1.54) is 4.90 Å². The van der Waals surface area contributed by atoms with Gasteiger partial charge in [0.1, 0.15) is 42.4 Å². The van der Waals surface area contributed by atoms with Crippen LogP contribution in [-0.4, -0.2) is 97.4 Å². The van der Waals surface area contributed by atoms with Gasteiger partial charge in [0.2, 0.25) is 17.7 Å². The molecular weight excluding hydrogens is 812 g/mol. The summed E-state index contributed by atoms with van der Waals surface area (Å²) in [5.74, 6) is -0.371. The van der Waals surface area contributed by atoms with E-state index in [9.17, 15) is 29.5 Å². The zero-order chi connectivity index (χ0) is 45.2. The number of nitriles is 1. The van der Waals surface area contributed by atoms with Crippen molar-refractivity contribution in [2.75, 3.05) is 38.7 Å². The lowest BCUT2D eigenvalue weighted by Gasteiger charge is -2.63. The molecule has 1 aliphatic carbocycles. The molecule has 1 saturated carbocycles. The fraction of sp³-hybridized carbons (Fsp3) is 0.511. The van der Waals surface area contributed by atoms with Gasteiger partial charge in [0.25, 0.3) is 5.91 Å². The number of aliphatic hydroxyl groups excluding tert-OH is 1. The topological polar surface area (TPSA) is 191 Å². The maximum atomic E-state index is 13.7. The molecule has 3 aromatic rings. The van der Waals surface area contributed by atoms with Crippen LogP contribution in [0.2, 0.25) is 5.02 Å². The van der Waals surface area contributed by atoms with Crippen LogP contribution in [0, 0.1) is 28.1 Å². The Labute approximate surface area is 370 Å². The number of halogens is 1. The van der Waals surface area contributed by atoms with Gasteiger partial charge in [-0.25, -0.2) is 0 Å². The standard InChI is InChI=1S/C47H61ClN6O8/c1-29(2)40(43(59)54-27-34(55)23-38(54)42(58)51-26-30-11-18-35(60-7)19-12-30)52-39(56)28-61-22-10-8-9-21-50-33-16-13-31(14-17-33)41(57)53-44-46(3,4)45(47(44,5)6)62-36-20-15-32(25-49)37(48)24-36/h11-20,24,29,34,38,40,44-45,50,55H,8-10,21-23,26-28H2,1-7H3,(H,51,58)(H,52,56)(H,53,57)/t34-,38+,40?,44-,45-/m1/s1. The summed E-state index contributed by atoms with van der Waals surface area (Å²) in [7, 11) is 1.58. The zero-order valence-electron chi connectivity index (χ0n) is 36.8. The normalized spacial score (nSPS) is 20.3. The van der Waals surface area contributed by atoms with Crippen molar-refractivity contribution in [3.8, 4) is 17.6 Å². The van der Waals surface area contributed by atoms with Crippen LogP contribution in [0.1, 0.15) is 88.7 Å². The van der Waals surface area contributed by atoms with Gasteiger partial charge in [-0.05, 0) is 79.3 Å². The molecule has 2 aliphatic rings. The number of ether oxygens (including phenoxy) is 3. The Hall–Kier alpha value is -5.36. The van der Waals surface area contributed by atoms with Crippen LogP contribution in [-0.2, 0) is 25.7 Å². The Bertz CT molecular complexity index is 2050. The highest BCUT2D eigenvalue weighted by molar-refractivity contribution is 6.31. The largest absolute Gasteiger partial charge is 0.497 e. The molecule has 2 fully saturated rings. The number of carbonyl (C=O) groups is 4. The number of unbranched alkanes of at least 4 members (excludes halogenated alkanes) is 2. The first-order valence-electron chi connectivity index (χ1n) is 21.2. The van der Waals surface area contributed by atoms with E-state index in [2.05, 4.69) is 55.0 Å². The molecular formula is C47H61ClN6O8. The van der Waals surface area contributed by atoms with Gasteiger partial charge in [-0.1, -0.05) is 65.3 Å². The highest BCUT2D eigenvalue weighted by atomic mass is 35.5. The number of methoxy groups -OCH3 is 1. The molecule has 3 atom stereocenters. The van der Waals surface area contributed by atoms with Gasteiger partial charge in [0.15, 0.2) is 0 Å². The second-order valence-electron chi connectivity index (χ2n) is 17.7. The lowest BCUT2D eigenvalue weighted by molar-refractivity contribution is -0.164. The Kier molecular flexibility index (Phi) is 16.3. The van der Waals surface area contributed by atoms with E-state index >= 15 is 0 Å². The molecule has 1 unspecified atom stereocenters. The Balaban J connectivity index is 0.975. The van der Waals surface area contributed by atoms with E-state index in [1.54, 1.807) is 49.6 Å². The molecule has 0 radical (unpaired) electrons.